The van der Waals surface area contributed by atoms with Crippen LogP contribution < -0.4 is 0 Å². The molecule has 2 saturated carbocycles. The van der Waals surface area contributed by atoms with E-state index in [-0.39, 0.29) is 6.10 Å². The molecule has 2 rings (SSSR count). The lowest BCUT2D eigenvalue weighted by Crippen LogP contribution is -2.55. The van der Waals surface area contributed by atoms with Gasteiger partial charge >= 0.3 is 0 Å². The summed E-state index contributed by atoms with van der Waals surface area (Å²) < 4.78 is 0. The SMILES string of the molecule is CCN(C1CCC1)C1CC(O)CCC1(C)C. The average molecular weight is 225 g/mol. The van der Waals surface area contributed by atoms with Crippen molar-refractivity contribution in [2.24, 2.45) is 5.41 Å². The highest BCUT2D eigenvalue weighted by Gasteiger charge is 2.41. The monoisotopic (exact) mass is 225 g/mol. The first-order chi connectivity index (χ1) is 7.54. The summed E-state index contributed by atoms with van der Waals surface area (Å²) in [7, 11) is 0. The lowest BCUT2D eigenvalue weighted by atomic mass is 9.70. The maximum atomic E-state index is 9.90. The van der Waals surface area contributed by atoms with Crippen molar-refractivity contribution in [2.75, 3.05) is 6.54 Å². The summed E-state index contributed by atoms with van der Waals surface area (Å²) in [6, 6.07) is 1.39. The van der Waals surface area contributed by atoms with Crippen molar-refractivity contribution in [1.82, 2.24) is 4.90 Å². The molecule has 1 N–H and O–H groups in total. The molecule has 0 aromatic carbocycles. The van der Waals surface area contributed by atoms with Crippen molar-refractivity contribution in [1.29, 1.82) is 0 Å². The summed E-state index contributed by atoms with van der Waals surface area (Å²) in [4.78, 5) is 2.67. The zero-order chi connectivity index (χ0) is 11.8. The fourth-order valence-corrected chi connectivity index (χ4v) is 3.44. The van der Waals surface area contributed by atoms with Crippen LogP contribution in [0.2, 0.25) is 0 Å². The minimum Gasteiger partial charge on any atom is -0.393 e. The van der Waals surface area contributed by atoms with Gasteiger partial charge in [-0.1, -0.05) is 27.2 Å². The first-order valence-corrected chi connectivity index (χ1v) is 6.98. The highest BCUT2D eigenvalue weighted by molar-refractivity contribution is 4.96. The molecule has 2 nitrogen and oxygen atoms in total. The van der Waals surface area contributed by atoms with Crippen LogP contribution in [0.3, 0.4) is 0 Å². The number of aliphatic hydroxyl groups excluding tert-OH is 1. The van der Waals surface area contributed by atoms with Crippen LogP contribution in [0.5, 0.6) is 0 Å². The van der Waals surface area contributed by atoms with Crippen LogP contribution in [0.25, 0.3) is 0 Å². The van der Waals surface area contributed by atoms with E-state index in [2.05, 4.69) is 25.7 Å². The maximum absolute atomic E-state index is 9.90. The largest absolute Gasteiger partial charge is 0.393 e. The van der Waals surface area contributed by atoms with Crippen molar-refractivity contribution in [3.05, 3.63) is 0 Å². The van der Waals surface area contributed by atoms with Gasteiger partial charge in [0, 0.05) is 12.1 Å². The molecule has 0 amide bonds. The number of rotatable bonds is 3. The van der Waals surface area contributed by atoms with Gasteiger partial charge in [0.15, 0.2) is 0 Å². The summed E-state index contributed by atoms with van der Waals surface area (Å²) in [5, 5.41) is 9.90. The Morgan fingerprint density at radius 1 is 1.25 bits per heavy atom. The smallest absolute Gasteiger partial charge is 0.0555 e. The lowest BCUT2D eigenvalue weighted by Gasteiger charge is -2.51. The van der Waals surface area contributed by atoms with E-state index in [9.17, 15) is 5.11 Å². The molecular formula is C14H27NO. The van der Waals surface area contributed by atoms with Gasteiger partial charge in [0.25, 0.3) is 0 Å². The molecule has 94 valence electrons. The molecular weight excluding hydrogens is 198 g/mol. The van der Waals surface area contributed by atoms with Crippen molar-refractivity contribution < 1.29 is 5.11 Å². The van der Waals surface area contributed by atoms with Crippen molar-refractivity contribution >= 4 is 0 Å². The first kappa shape index (κ1) is 12.4. The van der Waals surface area contributed by atoms with Gasteiger partial charge in [0.1, 0.15) is 0 Å². The molecule has 0 spiro atoms. The van der Waals surface area contributed by atoms with Crippen LogP contribution in [0.1, 0.15) is 59.3 Å². The molecule has 2 fully saturated rings. The Morgan fingerprint density at radius 2 is 1.94 bits per heavy atom. The Labute approximate surface area is 100 Å². The van der Waals surface area contributed by atoms with Gasteiger partial charge in [-0.2, -0.15) is 0 Å². The van der Waals surface area contributed by atoms with Gasteiger partial charge in [0.05, 0.1) is 6.10 Å². The van der Waals surface area contributed by atoms with E-state index < -0.39 is 0 Å². The molecule has 0 bridgehead atoms. The number of nitrogens with zero attached hydrogens (tertiary/aromatic N) is 1. The van der Waals surface area contributed by atoms with E-state index in [1.54, 1.807) is 0 Å². The van der Waals surface area contributed by atoms with Gasteiger partial charge in [-0.25, -0.2) is 0 Å². The third kappa shape index (κ3) is 2.28. The zero-order valence-electron chi connectivity index (χ0n) is 11.1. The second-order valence-corrected chi connectivity index (χ2v) is 6.35. The molecule has 2 atom stereocenters. The van der Waals surface area contributed by atoms with Crippen LogP contribution in [0, 0.1) is 5.41 Å². The standard InChI is InChI=1S/C14H27NO/c1-4-15(11-6-5-7-11)13-10-12(16)8-9-14(13,2)3/h11-13,16H,4-10H2,1-3H3. The van der Waals surface area contributed by atoms with E-state index >= 15 is 0 Å². The molecule has 0 aliphatic heterocycles. The van der Waals surface area contributed by atoms with Crippen LogP contribution in [-0.4, -0.2) is 34.7 Å². The fraction of sp³-hybridized carbons (Fsp3) is 1.00. The van der Waals surface area contributed by atoms with Crippen LogP contribution >= 0.6 is 0 Å². The minimum atomic E-state index is -0.0628. The van der Waals surface area contributed by atoms with E-state index in [0.717, 1.165) is 25.4 Å². The topological polar surface area (TPSA) is 23.5 Å². The quantitative estimate of drug-likeness (QED) is 0.798. The van der Waals surface area contributed by atoms with Gasteiger partial charge in [0.2, 0.25) is 0 Å². The van der Waals surface area contributed by atoms with Gasteiger partial charge < -0.3 is 5.11 Å². The molecule has 2 aliphatic carbocycles. The molecule has 2 aliphatic rings. The molecule has 16 heavy (non-hydrogen) atoms. The van der Waals surface area contributed by atoms with E-state index in [0.29, 0.717) is 11.5 Å². The minimum absolute atomic E-state index is 0.0628. The van der Waals surface area contributed by atoms with E-state index in [1.807, 2.05) is 0 Å². The summed E-state index contributed by atoms with van der Waals surface area (Å²) in [5.41, 5.74) is 0.380. The van der Waals surface area contributed by atoms with Gasteiger partial charge in [-0.05, 0) is 44.1 Å². The molecule has 0 radical (unpaired) electrons. The second-order valence-electron chi connectivity index (χ2n) is 6.35. The Balaban J connectivity index is 2.07. The number of aliphatic hydroxyl groups is 1. The average Bonchev–Trinajstić information content (AvgIpc) is 2.15. The summed E-state index contributed by atoms with van der Waals surface area (Å²) in [6.07, 6.45) is 7.22. The third-order valence-corrected chi connectivity index (χ3v) is 4.83. The maximum Gasteiger partial charge on any atom is 0.0555 e. The van der Waals surface area contributed by atoms with Crippen LogP contribution in [-0.2, 0) is 0 Å². The van der Waals surface area contributed by atoms with Crippen molar-refractivity contribution in [2.45, 2.75) is 77.5 Å². The van der Waals surface area contributed by atoms with Crippen LogP contribution in [0.15, 0.2) is 0 Å². The van der Waals surface area contributed by atoms with E-state index in [4.69, 9.17) is 0 Å². The van der Waals surface area contributed by atoms with Gasteiger partial charge in [-0.3, -0.25) is 4.90 Å². The molecule has 0 heterocycles. The normalized spacial score (nSPS) is 35.1. The summed E-state index contributed by atoms with van der Waals surface area (Å²) in [6.45, 7) is 8.18. The third-order valence-electron chi connectivity index (χ3n) is 4.83. The van der Waals surface area contributed by atoms with Crippen LogP contribution in [0.4, 0.5) is 0 Å². The summed E-state index contributed by atoms with van der Waals surface area (Å²) >= 11 is 0. The fourth-order valence-electron chi connectivity index (χ4n) is 3.44. The predicted octanol–water partition coefficient (Wildman–Crippen LogP) is 2.80. The second kappa shape index (κ2) is 4.66. The van der Waals surface area contributed by atoms with E-state index in [1.165, 1.54) is 25.7 Å². The molecule has 0 aromatic heterocycles. The molecule has 0 aromatic rings. The van der Waals surface area contributed by atoms with Crippen molar-refractivity contribution in [3.8, 4) is 0 Å². The Kier molecular flexibility index (Phi) is 3.60. The highest BCUT2D eigenvalue weighted by Crippen LogP contribution is 2.41. The van der Waals surface area contributed by atoms with Crippen molar-refractivity contribution in [3.63, 3.8) is 0 Å². The molecule has 2 unspecified atom stereocenters. The number of hydrogen-bond acceptors (Lipinski definition) is 2. The first-order valence-electron chi connectivity index (χ1n) is 6.98. The predicted molar refractivity (Wildman–Crippen MR) is 67.4 cm³/mol. The Morgan fingerprint density at radius 3 is 2.44 bits per heavy atom. The molecule has 2 heteroatoms. The molecule has 0 saturated heterocycles. The van der Waals surface area contributed by atoms with Gasteiger partial charge in [-0.15, -0.1) is 0 Å². The lowest BCUT2D eigenvalue weighted by molar-refractivity contribution is -0.0419. The Bertz CT molecular complexity index is 235. The number of hydrogen-bond donors (Lipinski definition) is 1. The zero-order valence-corrected chi connectivity index (χ0v) is 11.1. The Hall–Kier alpha value is -0.0800. The highest BCUT2D eigenvalue weighted by atomic mass is 16.3. The summed E-state index contributed by atoms with van der Waals surface area (Å²) in [5.74, 6) is 0.